The Morgan fingerprint density at radius 2 is 1.89 bits per heavy atom. The van der Waals surface area contributed by atoms with Crippen LogP contribution in [0.15, 0.2) is 29.0 Å². The Bertz CT molecular complexity index is 528. The normalized spacial score (nSPS) is 12.7. The molecule has 0 aliphatic carbocycles. The third-order valence-electron chi connectivity index (χ3n) is 3.55. The molecule has 0 fully saturated rings. The maximum absolute atomic E-state index is 3.45. The van der Waals surface area contributed by atoms with Gasteiger partial charge in [-0.2, -0.15) is 11.3 Å². The summed E-state index contributed by atoms with van der Waals surface area (Å²) < 4.78 is 0. The van der Waals surface area contributed by atoms with Gasteiger partial charge in [-0.15, -0.1) is 0 Å². The van der Waals surface area contributed by atoms with Crippen LogP contribution < -0.4 is 5.32 Å². The van der Waals surface area contributed by atoms with Gasteiger partial charge in [-0.25, -0.2) is 0 Å². The molecule has 0 bridgehead atoms. The predicted molar refractivity (Wildman–Crippen MR) is 80.5 cm³/mol. The van der Waals surface area contributed by atoms with Crippen LogP contribution in [0.1, 0.15) is 33.9 Å². The molecular formula is C16H21NS. The van der Waals surface area contributed by atoms with E-state index in [1.165, 1.54) is 27.8 Å². The maximum atomic E-state index is 3.45. The average molecular weight is 259 g/mol. The first-order valence-electron chi connectivity index (χ1n) is 6.38. The van der Waals surface area contributed by atoms with Crippen molar-refractivity contribution in [3.8, 4) is 0 Å². The lowest BCUT2D eigenvalue weighted by Crippen LogP contribution is -2.19. The molecule has 2 heteroatoms. The molecule has 0 radical (unpaired) electrons. The van der Waals surface area contributed by atoms with Gasteiger partial charge >= 0.3 is 0 Å². The summed E-state index contributed by atoms with van der Waals surface area (Å²) in [5.41, 5.74) is 6.99. The summed E-state index contributed by atoms with van der Waals surface area (Å²) in [4.78, 5) is 0. The van der Waals surface area contributed by atoms with Crippen molar-refractivity contribution in [2.45, 2.75) is 33.2 Å². The van der Waals surface area contributed by atoms with Crippen LogP contribution in [0.5, 0.6) is 0 Å². The first-order chi connectivity index (χ1) is 8.61. The highest BCUT2D eigenvalue weighted by Gasteiger charge is 2.14. The van der Waals surface area contributed by atoms with Gasteiger partial charge in [0.25, 0.3) is 0 Å². The molecule has 0 saturated heterocycles. The van der Waals surface area contributed by atoms with Crippen molar-refractivity contribution in [1.82, 2.24) is 5.32 Å². The zero-order valence-corrected chi connectivity index (χ0v) is 12.4. The van der Waals surface area contributed by atoms with Crippen molar-refractivity contribution in [3.05, 3.63) is 56.8 Å². The molecule has 0 saturated carbocycles. The van der Waals surface area contributed by atoms with Gasteiger partial charge in [0.1, 0.15) is 0 Å². The molecule has 1 heterocycles. The topological polar surface area (TPSA) is 12.0 Å². The van der Waals surface area contributed by atoms with Crippen molar-refractivity contribution < 1.29 is 0 Å². The third kappa shape index (κ3) is 2.82. The van der Waals surface area contributed by atoms with Crippen LogP contribution in [-0.2, 0) is 6.42 Å². The zero-order chi connectivity index (χ0) is 13.1. The van der Waals surface area contributed by atoms with E-state index < -0.39 is 0 Å². The Kier molecular flexibility index (Phi) is 4.20. The molecule has 0 amide bonds. The van der Waals surface area contributed by atoms with Gasteiger partial charge < -0.3 is 5.32 Å². The van der Waals surface area contributed by atoms with Crippen LogP contribution in [0.25, 0.3) is 0 Å². The molecule has 2 rings (SSSR count). The molecule has 1 N–H and O–H groups in total. The van der Waals surface area contributed by atoms with E-state index in [0.717, 1.165) is 6.42 Å². The summed E-state index contributed by atoms with van der Waals surface area (Å²) in [6, 6.07) is 7.12. The average Bonchev–Trinajstić information content (AvgIpc) is 2.77. The van der Waals surface area contributed by atoms with E-state index in [0.29, 0.717) is 6.04 Å². The minimum absolute atomic E-state index is 0.414. The number of rotatable bonds is 4. The summed E-state index contributed by atoms with van der Waals surface area (Å²) in [5, 5.41) is 7.94. The number of thiophene rings is 1. The molecule has 1 aromatic heterocycles. The van der Waals surface area contributed by atoms with Crippen molar-refractivity contribution in [2.75, 3.05) is 7.05 Å². The van der Waals surface area contributed by atoms with Gasteiger partial charge in [0, 0.05) is 6.04 Å². The van der Waals surface area contributed by atoms with Crippen LogP contribution in [0.2, 0.25) is 0 Å². The van der Waals surface area contributed by atoms with Gasteiger partial charge in [-0.05, 0) is 67.3 Å². The number of hydrogen-bond donors (Lipinski definition) is 1. The summed E-state index contributed by atoms with van der Waals surface area (Å²) in [5.74, 6) is 0. The number of nitrogens with one attached hydrogen (secondary N) is 1. The molecule has 0 spiro atoms. The largest absolute Gasteiger partial charge is 0.313 e. The second-order valence-electron chi connectivity index (χ2n) is 4.99. The summed E-state index contributed by atoms with van der Waals surface area (Å²) in [6.07, 6.45) is 1.06. The monoisotopic (exact) mass is 259 g/mol. The molecule has 0 aliphatic heterocycles. The minimum Gasteiger partial charge on any atom is -0.313 e. The Morgan fingerprint density at radius 3 is 2.50 bits per heavy atom. The van der Waals surface area contributed by atoms with Crippen LogP contribution in [0.4, 0.5) is 0 Å². The SMILES string of the molecule is CNC(Cc1cc(C)ccc1C)c1cscc1C. The standard InChI is InChI=1S/C16H21NS/c1-11-5-6-12(2)14(7-11)8-16(17-4)15-10-18-9-13(15)3/h5-7,9-10,16-17H,8H2,1-4H3. The lowest BCUT2D eigenvalue weighted by atomic mass is 9.95. The maximum Gasteiger partial charge on any atom is 0.0369 e. The highest BCUT2D eigenvalue weighted by atomic mass is 32.1. The Labute approximate surface area is 114 Å². The lowest BCUT2D eigenvalue weighted by Gasteiger charge is -2.18. The van der Waals surface area contributed by atoms with Gasteiger partial charge in [0.2, 0.25) is 0 Å². The van der Waals surface area contributed by atoms with E-state index in [2.05, 4.69) is 55.0 Å². The van der Waals surface area contributed by atoms with Crippen LogP contribution in [0.3, 0.4) is 0 Å². The number of benzene rings is 1. The van der Waals surface area contributed by atoms with E-state index >= 15 is 0 Å². The first-order valence-corrected chi connectivity index (χ1v) is 7.32. The lowest BCUT2D eigenvalue weighted by molar-refractivity contribution is 0.589. The number of aryl methyl sites for hydroxylation is 3. The van der Waals surface area contributed by atoms with E-state index in [1.807, 2.05) is 7.05 Å². The summed E-state index contributed by atoms with van der Waals surface area (Å²) >= 11 is 1.79. The van der Waals surface area contributed by atoms with Crippen LogP contribution >= 0.6 is 11.3 Å². The molecule has 0 aliphatic rings. The fourth-order valence-electron chi connectivity index (χ4n) is 2.33. The highest BCUT2D eigenvalue weighted by molar-refractivity contribution is 7.08. The smallest absolute Gasteiger partial charge is 0.0369 e. The Morgan fingerprint density at radius 1 is 1.11 bits per heavy atom. The second-order valence-corrected chi connectivity index (χ2v) is 5.73. The Balaban J connectivity index is 2.26. The molecule has 18 heavy (non-hydrogen) atoms. The number of likely N-dealkylation sites (N-methyl/N-ethyl adjacent to an activating group) is 1. The fourth-order valence-corrected chi connectivity index (χ4v) is 3.24. The second kappa shape index (κ2) is 5.68. The minimum atomic E-state index is 0.414. The first kappa shape index (κ1) is 13.3. The molecule has 1 atom stereocenters. The van der Waals surface area contributed by atoms with Crippen molar-refractivity contribution >= 4 is 11.3 Å². The van der Waals surface area contributed by atoms with E-state index in [4.69, 9.17) is 0 Å². The van der Waals surface area contributed by atoms with Gasteiger partial charge in [-0.1, -0.05) is 23.8 Å². The van der Waals surface area contributed by atoms with Crippen LogP contribution in [0, 0.1) is 20.8 Å². The molecule has 2 aromatic rings. The van der Waals surface area contributed by atoms with E-state index in [-0.39, 0.29) is 0 Å². The predicted octanol–water partition coefficient (Wildman–Crippen LogP) is 4.18. The molecule has 1 aromatic carbocycles. The van der Waals surface area contributed by atoms with Gasteiger partial charge in [0.05, 0.1) is 0 Å². The van der Waals surface area contributed by atoms with Crippen LogP contribution in [-0.4, -0.2) is 7.05 Å². The van der Waals surface area contributed by atoms with Gasteiger partial charge in [-0.3, -0.25) is 0 Å². The fraction of sp³-hybridized carbons (Fsp3) is 0.375. The van der Waals surface area contributed by atoms with Crippen molar-refractivity contribution in [2.24, 2.45) is 0 Å². The molecular weight excluding hydrogens is 238 g/mol. The van der Waals surface area contributed by atoms with Crippen molar-refractivity contribution in [3.63, 3.8) is 0 Å². The van der Waals surface area contributed by atoms with Gasteiger partial charge in [0.15, 0.2) is 0 Å². The number of hydrogen-bond acceptors (Lipinski definition) is 2. The van der Waals surface area contributed by atoms with E-state index in [9.17, 15) is 0 Å². The summed E-state index contributed by atoms with van der Waals surface area (Å²) in [7, 11) is 2.05. The summed E-state index contributed by atoms with van der Waals surface area (Å²) in [6.45, 7) is 6.55. The highest BCUT2D eigenvalue weighted by Crippen LogP contribution is 2.26. The quantitative estimate of drug-likeness (QED) is 0.868. The third-order valence-corrected chi connectivity index (χ3v) is 4.43. The zero-order valence-electron chi connectivity index (χ0n) is 11.6. The molecule has 1 nitrogen and oxygen atoms in total. The van der Waals surface area contributed by atoms with Crippen molar-refractivity contribution in [1.29, 1.82) is 0 Å². The van der Waals surface area contributed by atoms with E-state index in [1.54, 1.807) is 11.3 Å². The Hall–Kier alpha value is -1.12. The molecule has 1 unspecified atom stereocenters. The molecule has 96 valence electrons.